The number of carboxylic acids is 1. The first-order valence-corrected chi connectivity index (χ1v) is 9.86. The molecule has 1 saturated heterocycles. The van der Waals surface area contributed by atoms with Gasteiger partial charge in [0.25, 0.3) is 0 Å². The van der Waals surface area contributed by atoms with Crippen LogP contribution in [-0.2, 0) is 16.6 Å². The maximum Gasteiger partial charge on any atom is 0.335 e. The molecule has 0 atom stereocenters. The van der Waals surface area contributed by atoms with E-state index in [2.05, 4.69) is 4.90 Å². The summed E-state index contributed by atoms with van der Waals surface area (Å²) in [5.41, 5.74) is 1.33. The number of aromatic carboxylic acids is 1. The average Bonchev–Trinajstić information content (AvgIpc) is 3.37. The van der Waals surface area contributed by atoms with Crippen molar-refractivity contribution in [1.29, 1.82) is 0 Å². The summed E-state index contributed by atoms with van der Waals surface area (Å²) >= 11 is 0. The van der Waals surface area contributed by atoms with Gasteiger partial charge in [-0.1, -0.05) is 19.1 Å². The van der Waals surface area contributed by atoms with Crippen LogP contribution in [0.4, 0.5) is 0 Å². The molecule has 0 unspecified atom stereocenters. The molecule has 0 spiro atoms. The Morgan fingerprint density at radius 3 is 2.17 bits per heavy atom. The molecule has 7 heteroatoms. The van der Waals surface area contributed by atoms with Crippen LogP contribution in [0, 0.1) is 0 Å². The molecule has 1 saturated carbocycles. The predicted molar refractivity (Wildman–Crippen MR) is 91.4 cm³/mol. The van der Waals surface area contributed by atoms with Gasteiger partial charge in [0.15, 0.2) is 0 Å². The zero-order valence-electron chi connectivity index (χ0n) is 13.9. The van der Waals surface area contributed by atoms with Crippen molar-refractivity contribution in [3.63, 3.8) is 0 Å². The maximum absolute atomic E-state index is 12.7. The van der Waals surface area contributed by atoms with Gasteiger partial charge in [0.2, 0.25) is 10.0 Å². The van der Waals surface area contributed by atoms with Crippen LogP contribution in [0.2, 0.25) is 0 Å². The molecule has 6 nitrogen and oxygen atoms in total. The molecule has 0 aromatic heterocycles. The zero-order chi connectivity index (χ0) is 17.4. The lowest BCUT2D eigenvalue weighted by Crippen LogP contribution is -2.51. The minimum Gasteiger partial charge on any atom is -0.478 e. The van der Waals surface area contributed by atoms with Crippen molar-refractivity contribution >= 4 is 16.0 Å². The van der Waals surface area contributed by atoms with Gasteiger partial charge < -0.3 is 5.11 Å². The average molecular weight is 352 g/mol. The Bertz CT molecular complexity index is 703. The van der Waals surface area contributed by atoms with Gasteiger partial charge >= 0.3 is 5.97 Å². The van der Waals surface area contributed by atoms with E-state index in [1.807, 2.05) is 19.1 Å². The van der Waals surface area contributed by atoms with Crippen molar-refractivity contribution in [3.05, 3.63) is 35.4 Å². The van der Waals surface area contributed by atoms with Crippen molar-refractivity contribution in [2.45, 2.75) is 37.5 Å². The van der Waals surface area contributed by atoms with Crippen LogP contribution >= 0.6 is 0 Å². The fraction of sp³-hybridized carbons (Fsp3) is 0.588. The lowest BCUT2D eigenvalue weighted by molar-refractivity contribution is 0.0697. The molecule has 3 rings (SSSR count). The summed E-state index contributed by atoms with van der Waals surface area (Å²) in [6.07, 6.45) is 2.29. The second-order valence-corrected chi connectivity index (χ2v) is 9.05. The van der Waals surface area contributed by atoms with E-state index in [1.165, 1.54) is 0 Å². The molecule has 1 aromatic carbocycles. The van der Waals surface area contributed by atoms with Crippen LogP contribution in [0.25, 0.3) is 0 Å². The Balaban J connectivity index is 1.56. The van der Waals surface area contributed by atoms with Gasteiger partial charge in [-0.2, -0.15) is 4.31 Å². The van der Waals surface area contributed by atoms with Gasteiger partial charge in [-0.05, 0) is 37.0 Å². The first-order valence-electron chi connectivity index (χ1n) is 8.42. The second kappa shape index (κ2) is 6.46. The number of benzene rings is 1. The van der Waals surface area contributed by atoms with E-state index >= 15 is 0 Å². The molecule has 132 valence electrons. The minimum atomic E-state index is -3.17. The third-order valence-electron chi connectivity index (χ3n) is 5.28. The smallest absolute Gasteiger partial charge is 0.335 e. The van der Waals surface area contributed by atoms with Gasteiger partial charge in [0, 0.05) is 32.7 Å². The highest BCUT2D eigenvalue weighted by molar-refractivity contribution is 7.90. The summed E-state index contributed by atoms with van der Waals surface area (Å²) in [5, 5.41) is 8.92. The first kappa shape index (κ1) is 17.4. The predicted octanol–water partition coefficient (Wildman–Crippen LogP) is 1.77. The Hall–Kier alpha value is -1.44. The molecule has 0 radical (unpaired) electrons. The molecular formula is C17H24N2O4S. The Morgan fingerprint density at radius 2 is 1.71 bits per heavy atom. The normalized spacial score (nSPS) is 21.5. The Morgan fingerprint density at radius 1 is 1.12 bits per heavy atom. The SMILES string of the molecule is CCC1(S(=O)(=O)N2CCN(Cc3ccc(C(=O)O)cc3)CC2)CC1. The molecule has 2 aliphatic rings. The molecule has 0 bridgehead atoms. The van der Waals surface area contributed by atoms with Gasteiger partial charge in [-0.3, -0.25) is 4.90 Å². The van der Waals surface area contributed by atoms with Crippen LogP contribution in [0.3, 0.4) is 0 Å². The molecule has 1 aliphatic heterocycles. The van der Waals surface area contributed by atoms with Crippen molar-refractivity contribution in [2.75, 3.05) is 26.2 Å². The Kier molecular flexibility index (Phi) is 4.68. The van der Waals surface area contributed by atoms with Gasteiger partial charge in [0.05, 0.1) is 10.3 Å². The van der Waals surface area contributed by atoms with E-state index < -0.39 is 20.7 Å². The summed E-state index contributed by atoms with van der Waals surface area (Å²) in [6, 6.07) is 6.86. The van der Waals surface area contributed by atoms with Crippen molar-refractivity contribution in [3.8, 4) is 0 Å². The summed E-state index contributed by atoms with van der Waals surface area (Å²) in [7, 11) is -3.17. The maximum atomic E-state index is 12.7. The highest BCUT2D eigenvalue weighted by Gasteiger charge is 2.55. The van der Waals surface area contributed by atoms with E-state index in [0.717, 1.165) is 18.4 Å². The molecule has 1 N–H and O–H groups in total. The number of nitrogens with zero attached hydrogens (tertiary/aromatic N) is 2. The first-order chi connectivity index (χ1) is 11.4. The van der Waals surface area contributed by atoms with E-state index in [1.54, 1.807) is 16.4 Å². The van der Waals surface area contributed by atoms with Crippen molar-refractivity contribution in [2.24, 2.45) is 0 Å². The van der Waals surface area contributed by atoms with Crippen molar-refractivity contribution < 1.29 is 18.3 Å². The lowest BCUT2D eigenvalue weighted by atomic mass is 10.1. The van der Waals surface area contributed by atoms with Crippen LogP contribution < -0.4 is 0 Å². The quantitative estimate of drug-likeness (QED) is 0.844. The molecule has 0 amide bonds. The van der Waals surface area contributed by atoms with Gasteiger partial charge in [-0.15, -0.1) is 0 Å². The fourth-order valence-electron chi connectivity index (χ4n) is 3.35. The number of rotatable bonds is 6. The third kappa shape index (κ3) is 3.20. The summed E-state index contributed by atoms with van der Waals surface area (Å²) in [4.78, 5) is 13.1. The third-order valence-corrected chi connectivity index (χ3v) is 8.11. The molecule has 1 aliphatic carbocycles. The van der Waals surface area contributed by atoms with Crippen LogP contribution in [0.5, 0.6) is 0 Å². The number of carboxylic acid groups (broad SMARTS) is 1. The van der Waals surface area contributed by atoms with Gasteiger partial charge in [-0.25, -0.2) is 13.2 Å². The second-order valence-electron chi connectivity index (χ2n) is 6.72. The van der Waals surface area contributed by atoms with Crippen molar-refractivity contribution in [1.82, 2.24) is 9.21 Å². The lowest BCUT2D eigenvalue weighted by Gasteiger charge is -2.36. The number of hydrogen-bond acceptors (Lipinski definition) is 4. The number of hydrogen-bond donors (Lipinski definition) is 1. The zero-order valence-corrected chi connectivity index (χ0v) is 14.8. The summed E-state index contributed by atoms with van der Waals surface area (Å²) in [5.74, 6) is -0.926. The monoisotopic (exact) mass is 352 g/mol. The number of piperazine rings is 1. The van der Waals surface area contributed by atoms with Crippen LogP contribution in [0.1, 0.15) is 42.1 Å². The van der Waals surface area contributed by atoms with Crippen LogP contribution in [0.15, 0.2) is 24.3 Å². The largest absolute Gasteiger partial charge is 0.478 e. The fourth-order valence-corrected chi connectivity index (χ4v) is 5.52. The minimum absolute atomic E-state index is 0.281. The van der Waals surface area contributed by atoms with Gasteiger partial charge in [0.1, 0.15) is 0 Å². The highest BCUT2D eigenvalue weighted by atomic mass is 32.2. The summed E-state index contributed by atoms with van der Waals surface area (Å²) in [6.45, 7) is 5.17. The van der Waals surface area contributed by atoms with E-state index in [-0.39, 0.29) is 5.56 Å². The molecule has 1 heterocycles. The number of carbonyl (C=O) groups is 1. The molecule has 24 heavy (non-hydrogen) atoms. The standard InChI is InChI=1S/C17H24N2O4S/c1-2-17(7-8-17)24(22,23)19-11-9-18(10-12-19)13-14-3-5-15(6-4-14)16(20)21/h3-6H,2,7-13H2,1H3,(H,20,21). The van der Waals surface area contributed by atoms with E-state index in [4.69, 9.17) is 5.11 Å². The molecule has 2 fully saturated rings. The molecule has 1 aromatic rings. The summed E-state index contributed by atoms with van der Waals surface area (Å²) < 4.78 is 26.6. The Labute approximate surface area is 143 Å². The van der Waals surface area contributed by atoms with E-state index in [9.17, 15) is 13.2 Å². The number of sulfonamides is 1. The highest BCUT2D eigenvalue weighted by Crippen LogP contribution is 2.47. The van der Waals surface area contributed by atoms with Crippen LogP contribution in [-0.4, -0.2) is 59.6 Å². The topological polar surface area (TPSA) is 77.9 Å². The molecular weight excluding hydrogens is 328 g/mol. The van der Waals surface area contributed by atoms with E-state index in [0.29, 0.717) is 39.1 Å².